The molecule has 1 N–H and O–H groups in total. The van der Waals surface area contributed by atoms with Crippen molar-refractivity contribution in [1.29, 1.82) is 0 Å². The van der Waals surface area contributed by atoms with Crippen LogP contribution in [0.4, 0.5) is 8.78 Å². The topological polar surface area (TPSA) is 58.9 Å². The highest BCUT2D eigenvalue weighted by atomic mass is 32.1. The predicted molar refractivity (Wildman–Crippen MR) is 160 cm³/mol. The number of aromatic nitrogens is 2. The Morgan fingerprint density at radius 3 is 2.71 bits per heavy atom. The van der Waals surface area contributed by atoms with Gasteiger partial charge in [0, 0.05) is 36.7 Å². The largest absolute Gasteiger partial charge is 0.474 e. The maximum atomic E-state index is 15.5. The Hall–Kier alpha value is -2.88. The van der Waals surface area contributed by atoms with Gasteiger partial charge in [0.2, 0.25) is 5.88 Å². The number of benzene rings is 2. The summed E-state index contributed by atoms with van der Waals surface area (Å²) in [5.41, 5.74) is 3.45. The van der Waals surface area contributed by atoms with Gasteiger partial charge in [-0.25, -0.2) is 13.8 Å². The molecule has 41 heavy (non-hydrogen) atoms. The third kappa shape index (κ3) is 6.03. The molecule has 4 aromatic rings. The lowest BCUT2D eigenvalue weighted by Gasteiger charge is -2.28. The van der Waals surface area contributed by atoms with E-state index >= 15 is 4.39 Å². The normalized spacial score (nSPS) is 18.7. The van der Waals surface area contributed by atoms with Gasteiger partial charge in [0.15, 0.2) is 10.7 Å². The predicted octanol–water partition coefficient (Wildman–Crippen LogP) is 7.35. The number of carbonyl (C=O) groups is 1. The quantitative estimate of drug-likeness (QED) is 0.157. The molecule has 0 bridgehead atoms. The summed E-state index contributed by atoms with van der Waals surface area (Å²) in [4.78, 5) is 20.8. The number of nitrogens with one attached hydrogen (secondary N) is 1. The second kappa shape index (κ2) is 12.2. The summed E-state index contributed by atoms with van der Waals surface area (Å²) >= 11 is 1.48. The Kier molecular flexibility index (Phi) is 8.38. The number of rotatable bonds is 10. The fourth-order valence-corrected chi connectivity index (χ4v) is 7.08. The second-order valence-electron chi connectivity index (χ2n) is 11.6. The minimum atomic E-state index is -0.658. The van der Waals surface area contributed by atoms with Gasteiger partial charge in [0.25, 0.3) is 0 Å². The first kappa shape index (κ1) is 28.2. The molecule has 218 valence electrons. The number of hydrogen-bond acceptors (Lipinski definition) is 6. The smallest absolute Gasteiger partial charge is 0.228 e. The van der Waals surface area contributed by atoms with Crippen LogP contribution in [-0.4, -0.2) is 58.5 Å². The second-order valence-corrected chi connectivity index (χ2v) is 12.6. The average molecular weight is 581 g/mol. The first-order valence-corrected chi connectivity index (χ1v) is 15.7. The van der Waals surface area contributed by atoms with Gasteiger partial charge in [-0.2, -0.15) is 0 Å². The number of piperidine rings is 1. The highest BCUT2D eigenvalue weighted by Gasteiger charge is 2.25. The number of halogens is 2. The summed E-state index contributed by atoms with van der Waals surface area (Å²) < 4.78 is 37.9. The van der Waals surface area contributed by atoms with Crippen LogP contribution in [0.15, 0.2) is 36.4 Å². The first-order chi connectivity index (χ1) is 19.9. The van der Waals surface area contributed by atoms with Crippen LogP contribution in [0.25, 0.3) is 26.4 Å². The molecule has 0 amide bonds. The van der Waals surface area contributed by atoms with Crippen LogP contribution in [0.5, 0.6) is 5.88 Å². The molecule has 0 aliphatic carbocycles. The Bertz CT molecular complexity index is 1530. The molecule has 2 aromatic carbocycles. The third-order valence-electron chi connectivity index (χ3n) is 8.23. The Labute approximate surface area is 243 Å². The molecule has 2 aliphatic heterocycles. The molecule has 0 unspecified atom stereocenters. The lowest BCUT2D eigenvalue weighted by Crippen LogP contribution is -2.35. The fourth-order valence-electron chi connectivity index (χ4n) is 6.03. The van der Waals surface area contributed by atoms with Crippen LogP contribution in [0.1, 0.15) is 80.8 Å². The molecule has 9 heteroatoms. The van der Waals surface area contributed by atoms with E-state index in [1.54, 1.807) is 6.07 Å². The van der Waals surface area contributed by atoms with E-state index in [0.29, 0.717) is 46.9 Å². The van der Waals surface area contributed by atoms with Crippen LogP contribution >= 0.6 is 11.3 Å². The van der Waals surface area contributed by atoms with E-state index in [1.165, 1.54) is 11.3 Å². The Morgan fingerprint density at radius 2 is 1.98 bits per heavy atom. The molecular weight excluding hydrogens is 542 g/mol. The maximum absolute atomic E-state index is 15.5. The van der Waals surface area contributed by atoms with Gasteiger partial charge < -0.3 is 15.0 Å². The van der Waals surface area contributed by atoms with Gasteiger partial charge in [-0.15, -0.1) is 0 Å². The molecule has 0 saturated carbocycles. The summed E-state index contributed by atoms with van der Waals surface area (Å²) in [7, 11) is 0. The van der Waals surface area contributed by atoms with E-state index in [1.807, 2.05) is 48.6 Å². The third-order valence-corrected chi connectivity index (χ3v) is 9.24. The number of carbonyl (C=O) groups excluding carboxylic acids is 1. The number of nitrogens with zero attached hydrogens (tertiary/aromatic N) is 3. The lowest BCUT2D eigenvalue weighted by molar-refractivity contribution is 0.0976. The number of Topliss-reactive ketones (excluding diaryl/α,β-unsaturated/α-hetero) is 1. The molecule has 2 saturated heterocycles. The highest BCUT2D eigenvalue weighted by Crippen LogP contribution is 2.40. The number of fused-ring (bicyclic) bond motifs is 3. The van der Waals surface area contributed by atoms with Crippen LogP contribution < -0.4 is 10.1 Å². The average Bonchev–Trinajstić information content (AvgIpc) is 3.68. The number of unbranched alkanes of at least 4 members (excludes halogenated alkanes) is 1. The fraction of sp³-hybridized carbons (Fsp3) is 0.500. The van der Waals surface area contributed by atoms with Gasteiger partial charge in [-0.1, -0.05) is 17.4 Å². The van der Waals surface area contributed by atoms with E-state index in [0.717, 1.165) is 67.6 Å². The molecule has 4 heterocycles. The Morgan fingerprint density at radius 1 is 1.15 bits per heavy atom. The summed E-state index contributed by atoms with van der Waals surface area (Å²) in [6, 6.07) is 11.3. The van der Waals surface area contributed by atoms with E-state index in [4.69, 9.17) is 9.72 Å². The van der Waals surface area contributed by atoms with Crippen molar-refractivity contribution in [2.45, 2.75) is 77.1 Å². The van der Waals surface area contributed by atoms with Gasteiger partial charge in [-0.3, -0.25) is 9.20 Å². The van der Waals surface area contributed by atoms with Crippen LogP contribution in [0.3, 0.4) is 0 Å². The minimum absolute atomic E-state index is 0.124. The van der Waals surface area contributed by atoms with E-state index in [9.17, 15) is 9.18 Å². The van der Waals surface area contributed by atoms with Crippen molar-refractivity contribution in [3.63, 3.8) is 0 Å². The van der Waals surface area contributed by atoms with Gasteiger partial charge in [-0.05, 0) is 101 Å². The van der Waals surface area contributed by atoms with E-state index in [2.05, 4.69) is 10.2 Å². The number of likely N-dealkylation sites (tertiary alicyclic amines) is 1. The zero-order chi connectivity index (χ0) is 28.5. The van der Waals surface area contributed by atoms with Gasteiger partial charge in [0.05, 0.1) is 16.3 Å². The number of imidazole rings is 1. The summed E-state index contributed by atoms with van der Waals surface area (Å²) in [6.07, 6.45) is 4.80. The van der Waals surface area contributed by atoms with E-state index < -0.39 is 6.17 Å². The van der Waals surface area contributed by atoms with Crippen molar-refractivity contribution in [2.24, 2.45) is 0 Å². The first-order valence-electron chi connectivity index (χ1n) is 14.9. The molecule has 2 fully saturated rings. The molecule has 2 aliphatic rings. The molecule has 2 aromatic heterocycles. The summed E-state index contributed by atoms with van der Waals surface area (Å²) in [5.74, 6) is 0.334. The number of hydrogen-bond donors (Lipinski definition) is 1. The minimum Gasteiger partial charge on any atom is -0.474 e. The monoisotopic (exact) mass is 580 g/mol. The van der Waals surface area contributed by atoms with Crippen molar-refractivity contribution in [3.05, 3.63) is 53.3 Å². The van der Waals surface area contributed by atoms with Crippen molar-refractivity contribution in [3.8, 4) is 17.1 Å². The molecule has 6 rings (SSSR count). The SMILES string of the molecule is CC(C)Oc1c(-c2ccc([C@@H]3CCCN3)cc2F)nc2sc3cc(C(=O)CCCCN4CCC(F)CC4)ccc3n12. The van der Waals surface area contributed by atoms with E-state index in [-0.39, 0.29) is 23.7 Å². The van der Waals surface area contributed by atoms with Crippen molar-refractivity contribution in [1.82, 2.24) is 19.6 Å². The standard InChI is InChI=1S/C32H38F2N4O2S/c1-20(2)40-31-30(24-10-8-21(18-25(24)34)26-6-5-14-35-26)36-32-38(31)27-11-9-22(19-29(27)41-32)28(39)7-3-4-15-37-16-12-23(33)13-17-37/h8-11,18-20,23,26,35H,3-7,12-17H2,1-2H3/t26-/m0/s1. The zero-order valence-electron chi connectivity index (χ0n) is 23.8. The molecule has 6 nitrogen and oxygen atoms in total. The van der Waals surface area contributed by atoms with Crippen molar-refractivity contribution in [2.75, 3.05) is 26.2 Å². The Balaban J connectivity index is 1.21. The number of thiazole rings is 1. The zero-order valence-corrected chi connectivity index (χ0v) is 24.6. The molecule has 0 spiro atoms. The van der Waals surface area contributed by atoms with Gasteiger partial charge >= 0.3 is 0 Å². The summed E-state index contributed by atoms with van der Waals surface area (Å²) in [6.45, 7) is 7.40. The van der Waals surface area contributed by atoms with Crippen LogP contribution in [0, 0.1) is 5.82 Å². The maximum Gasteiger partial charge on any atom is 0.228 e. The number of ether oxygens (including phenoxy) is 1. The highest BCUT2D eigenvalue weighted by molar-refractivity contribution is 7.23. The summed E-state index contributed by atoms with van der Waals surface area (Å²) in [5, 5.41) is 3.43. The van der Waals surface area contributed by atoms with Crippen LogP contribution in [0.2, 0.25) is 0 Å². The van der Waals surface area contributed by atoms with Crippen molar-refractivity contribution < 1.29 is 18.3 Å². The number of alkyl halides is 1. The molecule has 0 radical (unpaired) electrons. The van der Waals surface area contributed by atoms with Crippen LogP contribution in [-0.2, 0) is 0 Å². The molecule has 1 atom stereocenters. The number of ketones is 1. The van der Waals surface area contributed by atoms with Gasteiger partial charge in [0.1, 0.15) is 17.7 Å². The molecular formula is C32H38F2N4O2S. The van der Waals surface area contributed by atoms with Crippen molar-refractivity contribution >= 4 is 32.3 Å². The lowest BCUT2D eigenvalue weighted by atomic mass is 10.0.